The summed E-state index contributed by atoms with van der Waals surface area (Å²) in [5.41, 5.74) is 7.75. The highest BCUT2D eigenvalue weighted by Gasteiger charge is 2.24. The highest BCUT2D eigenvalue weighted by atomic mass is 79.9. The maximum Gasteiger partial charge on any atom is 0.275 e. The van der Waals surface area contributed by atoms with Crippen molar-refractivity contribution < 1.29 is 19.1 Å². The van der Waals surface area contributed by atoms with E-state index in [0.717, 1.165) is 15.6 Å². The number of nitrogens with one attached hydrogen (secondary N) is 3. The Morgan fingerprint density at radius 3 is 2.33 bits per heavy atom. The van der Waals surface area contributed by atoms with Crippen molar-refractivity contribution in [1.82, 2.24) is 20.8 Å². The highest BCUT2D eigenvalue weighted by molar-refractivity contribution is 9.10. The second-order valence-electron chi connectivity index (χ2n) is 6.88. The Bertz CT molecular complexity index is 1350. The summed E-state index contributed by atoms with van der Waals surface area (Å²) in [6.45, 7) is 0. The molecule has 2 amide bonds. The maximum absolute atomic E-state index is 13.2. The summed E-state index contributed by atoms with van der Waals surface area (Å²) in [5, 5.41) is 0.717. The average Bonchev–Trinajstić information content (AvgIpc) is 3.27. The first-order valence-corrected chi connectivity index (χ1v) is 11.3. The molecule has 2 heterocycles. The monoisotopic (exact) mass is 572 g/mol. The molecule has 0 aliphatic rings. The zero-order valence-electron chi connectivity index (χ0n) is 17.5. The van der Waals surface area contributed by atoms with E-state index in [9.17, 15) is 9.59 Å². The number of carbonyl (C=O) groups excluding carboxylic acids is 2. The van der Waals surface area contributed by atoms with E-state index < -0.39 is 11.8 Å². The molecule has 168 valence electrons. The number of aromatic nitrogens is 2. The zero-order chi connectivity index (χ0) is 23.5. The number of halogens is 2. The molecule has 8 nitrogen and oxygen atoms in total. The molecule has 0 unspecified atom stereocenters. The van der Waals surface area contributed by atoms with E-state index in [0.29, 0.717) is 32.4 Å². The normalized spacial score (nSPS) is 10.7. The van der Waals surface area contributed by atoms with Gasteiger partial charge in [-0.1, -0.05) is 28.1 Å². The number of methoxy groups -OCH3 is 2. The van der Waals surface area contributed by atoms with Crippen LogP contribution in [0.3, 0.4) is 0 Å². The van der Waals surface area contributed by atoms with Gasteiger partial charge in [-0.05, 0) is 39.7 Å². The Morgan fingerprint density at radius 1 is 0.970 bits per heavy atom. The minimum atomic E-state index is -0.553. The number of amides is 2. The number of H-pyrrole nitrogens is 1. The number of rotatable bonds is 5. The van der Waals surface area contributed by atoms with Gasteiger partial charge in [0.05, 0.1) is 30.7 Å². The van der Waals surface area contributed by atoms with Gasteiger partial charge in [-0.2, -0.15) is 0 Å². The van der Waals surface area contributed by atoms with Crippen molar-refractivity contribution in [2.45, 2.75) is 0 Å². The predicted octanol–water partition coefficient (Wildman–Crippen LogP) is 4.85. The Labute approximate surface area is 205 Å². The maximum atomic E-state index is 13.2. The number of hydrazine groups is 1. The number of fused-ring (bicyclic) bond motifs is 1. The fourth-order valence-corrected chi connectivity index (χ4v) is 4.17. The van der Waals surface area contributed by atoms with Gasteiger partial charge in [0.1, 0.15) is 17.1 Å². The van der Waals surface area contributed by atoms with Crippen molar-refractivity contribution in [3.63, 3.8) is 0 Å². The van der Waals surface area contributed by atoms with Gasteiger partial charge in [0.2, 0.25) is 0 Å². The summed E-state index contributed by atoms with van der Waals surface area (Å²) in [4.78, 5) is 32.7. The lowest BCUT2D eigenvalue weighted by Crippen LogP contribution is -2.42. The van der Waals surface area contributed by atoms with Crippen molar-refractivity contribution in [1.29, 1.82) is 0 Å². The number of nitrogens with zero attached hydrogens (tertiary/aromatic N) is 1. The van der Waals surface area contributed by atoms with Crippen LogP contribution in [0.5, 0.6) is 11.5 Å². The van der Waals surface area contributed by atoms with Gasteiger partial charge in [-0.25, -0.2) is 0 Å². The lowest BCUT2D eigenvalue weighted by atomic mass is 10.0. The molecule has 0 spiro atoms. The molecule has 0 radical (unpaired) electrons. The van der Waals surface area contributed by atoms with E-state index in [1.54, 1.807) is 19.4 Å². The number of hydrogen-bond acceptors (Lipinski definition) is 5. The van der Waals surface area contributed by atoms with E-state index in [4.69, 9.17) is 9.47 Å². The smallest absolute Gasteiger partial charge is 0.275 e. The van der Waals surface area contributed by atoms with Crippen LogP contribution in [0.1, 0.15) is 20.7 Å². The van der Waals surface area contributed by atoms with Crippen LogP contribution in [0.25, 0.3) is 22.0 Å². The van der Waals surface area contributed by atoms with Crippen molar-refractivity contribution in [3.05, 3.63) is 75.1 Å². The largest absolute Gasteiger partial charge is 0.496 e. The van der Waals surface area contributed by atoms with Gasteiger partial charge in [0.25, 0.3) is 11.8 Å². The molecule has 4 aromatic rings. The molecule has 0 aliphatic carbocycles. The molecule has 33 heavy (non-hydrogen) atoms. The van der Waals surface area contributed by atoms with Gasteiger partial charge >= 0.3 is 0 Å². The summed E-state index contributed by atoms with van der Waals surface area (Å²) in [6.07, 6.45) is 4.79. The Balaban J connectivity index is 1.73. The number of hydrogen-bond donors (Lipinski definition) is 3. The molecule has 2 aromatic heterocycles. The highest BCUT2D eigenvalue weighted by Crippen LogP contribution is 2.41. The predicted molar refractivity (Wildman–Crippen MR) is 131 cm³/mol. The van der Waals surface area contributed by atoms with Crippen LogP contribution in [0.2, 0.25) is 0 Å². The number of pyridine rings is 1. The van der Waals surface area contributed by atoms with Crippen LogP contribution in [-0.2, 0) is 0 Å². The molecule has 0 fully saturated rings. The molecule has 0 aliphatic heterocycles. The fraction of sp³-hybridized carbons (Fsp3) is 0.0870. The Morgan fingerprint density at radius 2 is 1.67 bits per heavy atom. The summed E-state index contributed by atoms with van der Waals surface area (Å²) >= 11 is 6.72. The first-order valence-electron chi connectivity index (χ1n) is 9.66. The minimum absolute atomic E-state index is 0.228. The van der Waals surface area contributed by atoms with Crippen molar-refractivity contribution in [2.75, 3.05) is 14.2 Å². The van der Waals surface area contributed by atoms with Crippen molar-refractivity contribution in [3.8, 4) is 22.6 Å². The van der Waals surface area contributed by atoms with Crippen LogP contribution in [-0.4, -0.2) is 36.0 Å². The third kappa shape index (κ3) is 4.44. The Kier molecular flexibility index (Phi) is 6.66. The lowest BCUT2D eigenvalue weighted by molar-refractivity contribution is 0.0845. The van der Waals surface area contributed by atoms with Crippen LogP contribution in [0.4, 0.5) is 0 Å². The number of carbonyl (C=O) groups is 2. The molecule has 0 atom stereocenters. The molecule has 10 heteroatoms. The average molecular weight is 574 g/mol. The minimum Gasteiger partial charge on any atom is -0.496 e. The molecule has 3 N–H and O–H groups in total. The third-order valence-electron chi connectivity index (χ3n) is 5.01. The molecule has 4 rings (SSSR count). The summed E-state index contributed by atoms with van der Waals surface area (Å²) < 4.78 is 12.5. The van der Waals surface area contributed by atoms with Crippen LogP contribution >= 0.6 is 31.9 Å². The van der Waals surface area contributed by atoms with Crippen LogP contribution in [0, 0.1) is 0 Å². The van der Waals surface area contributed by atoms with E-state index in [2.05, 4.69) is 52.7 Å². The third-order valence-corrected chi connectivity index (χ3v) is 6.17. The lowest BCUT2D eigenvalue weighted by Gasteiger charge is -2.14. The van der Waals surface area contributed by atoms with Crippen LogP contribution in [0.15, 0.2) is 63.9 Å². The zero-order valence-corrected chi connectivity index (χ0v) is 20.7. The van der Waals surface area contributed by atoms with E-state index in [1.165, 1.54) is 25.6 Å². The first-order chi connectivity index (χ1) is 15.9. The topological polar surface area (TPSA) is 105 Å². The van der Waals surface area contributed by atoms with Gasteiger partial charge in [0, 0.05) is 39.2 Å². The SMILES string of the molecule is COc1cc(OC)c2c(-c3ccc(Br)cc3)c[nH]c2c1C(=O)NNC(=O)c1ccncc1Br. The van der Waals surface area contributed by atoms with Crippen molar-refractivity contribution in [2.24, 2.45) is 0 Å². The standard InChI is InChI=1S/C23H18Br2N4O4/c1-32-17-9-18(33-2)20(23(31)29-28-22(30)14-7-8-26-11-16(14)25)21-19(17)15(10-27-21)12-3-5-13(24)6-4-12/h3-11,27H,1-2H3,(H,28,30)(H,29,31). The second-order valence-corrected chi connectivity index (χ2v) is 8.65. The molecule has 0 saturated carbocycles. The summed E-state index contributed by atoms with van der Waals surface area (Å²) in [6, 6.07) is 11.0. The Hall–Kier alpha value is -3.37. The van der Waals surface area contributed by atoms with Gasteiger partial charge in [0.15, 0.2) is 0 Å². The van der Waals surface area contributed by atoms with Gasteiger partial charge in [-0.15, -0.1) is 0 Å². The number of ether oxygens (including phenoxy) is 2. The molecular weight excluding hydrogens is 556 g/mol. The molecule has 0 saturated heterocycles. The van der Waals surface area contributed by atoms with Crippen LogP contribution < -0.4 is 20.3 Å². The quantitative estimate of drug-likeness (QED) is 0.296. The van der Waals surface area contributed by atoms with E-state index in [-0.39, 0.29) is 5.56 Å². The van der Waals surface area contributed by atoms with Gasteiger partial charge in [-0.3, -0.25) is 25.4 Å². The number of benzene rings is 2. The number of aromatic amines is 1. The molecule has 0 bridgehead atoms. The van der Waals surface area contributed by atoms with E-state index >= 15 is 0 Å². The fourth-order valence-electron chi connectivity index (χ4n) is 3.47. The summed E-state index contributed by atoms with van der Waals surface area (Å²) in [5.74, 6) is -0.215. The first kappa shape index (κ1) is 22.8. The van der Waals surface area contributed by atoms with E-state index in [1.807, 2.05) is 24.3 Å². The van der Waals surface area contributed by atoms with Gasteiger partial charge < -0.3 is 14.5 Å². The van der Waals surface area contributed by atoms with Crippen molar-refractivity contribution >= 4 is 54.6 Å². The summed E-state index contributed by atoms with van der Waals surface area (Å²) in [7, 11) is 3.02. The second kappa shape index (κ2) is 9.63. The molecular formula is C23H18Br2N4O4. The molecule has 2 aromatic carbocycles.